The summed E-state index contributed by atoms with van der Waals surface area (Å²) in [7, 11) is 3.03. The Hall–Kier alpha value is -7.69. The molecule has 4 heterocycles. The maximum absolute atomic E-state index is 15.6. The number of aromatic nitrogens is 3. The molecule has 1 saturated heterocycles. The van der Waals surface area contributed by atoms with Gasteiger partial charge in [0.05, 0.1) is 11.1 Å². The van der Waals surface area contributed by atoms with Crippen molar-refractivity contribution >= 4 is 63.2 Å². The summed E-state index contributed by atoms with van der Waals surface area (Å²) >= 11 is 0. The number of allylic oxidation sites excluding steroid dienone is 1. The Morgan fingerprint density at radius 3 is 2.00 bits per heavy atom. The molecule has 1 fully saturated rings. The fourth-order valence-electron chi connectivity index (χ4n) is 10.5. The van der Waals surface area contributed by atoms with E-state index in [0.29, 0.717) is 22.9 Å². The summed E-state index contributed by atoms with van der Waals surface area (Å²) in [6.07, 6.45) is 11.6. The van der Waals surface area contributed by atoms with E-state index >= 15 is 24.0 Å². The number of hydrogen-bond acceptors (Lipinski definition) is 9. The second-order valence-corrected chi connectivity index (χ2v) is 22.6. The van der Waals surface area contributed by atoms with Crippen LogP contribution in [0.15, 0.2) is 110 Å². The number of rotatable bonds is 12. The molecule has 78 heavy (non-hydrogen) atoms. The van der Waals surface area contributed by atoms with Crippen molar-refractivity contribution in [1.29, 1.82) is 0 Å². The quantitative estimate of drug-likeness (QED) is 0.106. The smallest absolute Gasteiger partial charge is 0.246 e. The van der Waals surface area contributed by atoms with Crippen molar-refractivity contribution in [3.8, 4) is 0 Å². The van der Waals surface area contributed by atoms with Crippen LogP contribution >= 0.6 is 0 Å². The summed E-state index contributed by atoms with van der Waals surface area (Å²) in [4.78, 5) is 118. The maximum Gasteiger partial charge on any atom is 0.246 e. The van der Waals surface area contributed by atoms with Crippen molar-refractivity contribution in [3.63, 3.8) is 0 Å². The summed E-state index contributed by atoms with van der Waals surface area (Å²) in [5, 5.41) is 13.5. The first-order chi connectivity index (χ1) is 37.1. The average molecular weight is 1060 g/mol. The van der Waals surface area contributed by atoms with Gasteiger partial charge in [0.15, 0.2) is 0 Å². The van der Waals surface area contributed by atoms with E-state index in [0.717, 1.165) is 27.6 Å². The number of fused-ring (bicyclic) bond motifs is 4. The van der Waals surface area contributed by atoms with Crippen LogP contribution < -0.4 is 21.3 Å². The van der Waals surface area contributed by atoms with Gasteiger partial charge in [0.25, 0.3) is 0 Å². The first-order valence-electron chi connectivity index (χ1n) is 27.2. The molecule has 7 atom stereocenters. The fraction of sp³-hybridized carbons (Fsp3) is 0.459. The highest BCUT2D eigenvalue weighted by atomic mass is 16.2. The molecular formula is C61H78N10O7. The van der Waals surface area contributed by atoms with Gasteiger partial charge in [0.2, 0.25) is 41.4 Å². The fourth-order valence-corrected chi connectivity index (χ4v) is 10.5. The molecule has 0 aliphatic carbocycles. The van der Waals surface area contributed by atoms with E-state index in [1.807, 2.05) is 127 Å². The van der Waals surface area contributed by atoms with Crippen LogP contribution in [0.4, 0.5) is 0 Å². The highest BCUT2D eigenvalue weighted by molar-refractivity contribution is 5.99. The van der Waals surface area contributed by atoms with E-state index in [4.69, 9.17) is 0 Å². The summed E-state index contributed by atoms with van der Waals surface area (Å²) in [5.41, 5.74) is 4.15. The molecule has 2 aliphatic heterocycles. The predicted molar refractivity (Wildman–Crippen MR) is 303 cm³/mol. The third kappa shape index (κ3) is 13.7. The zero-order chi connectivity index (χ0) is 56.6. The number of para-hydroxylation sites is 1. The monoisotopic (exact) mass is 1060 g/mol. The van der Waals surface area contributed by atoms with E-state index in [-0.39, 0.29) is 56.9 Å². The first-order valence-corrected chi connectivity index (χ1v) is 27.2. The maximum atomic E-state index is 15.6. The molecule has 0 radical (unpaired) electrons. The molecule has 2 bridgehead atoms. The second kappa shape index (κ2) is 25.2. The predicted octanol–water partition coefficient (Wildman–Crippen LogP) is 6.11. The van der Waals surface area contributed by atoms with Gasteiger partial charge >= 0.3 is 0 Å². The highest BCUT2D eigenvalue weighted by Gasteiger charge is 2.41. The molecule has 0 spiro atoms. The lowest BCUT2D eigenvalue weighted by atomic mass is 9.97. The van der Waals surface area contributed by atoms with E-state index in [1.54, 1.807) is 18.3 Å². The van der Waals surface area contributed by atoms with Crippen LogP contribution in [0.1, 0.15) is 96.4 Å². The van der Waals surface area contributed by atoms with Crippen LogP contribution in [0.3, 0.4) is 0 Å². The minimum Gasteiger partial charge on any atom is -0.343 e. The van der Waals surface area contributed by atoms with E-state index in [9.17, 15) is 9.59 Å². The number of benzene rings is 3. The van der Waals surface area contributed by atoms with Crippen LogP contribution in [-0.4, -0.2) is 134 Å². The van der Waals surface area contributed by atoms with Gasteiger partial charge in [0.1, 0.15) is 48.6 Å². The standard InChI is InChI=1S/C61H78N10O7/c1-12-61(8,9)71-35-44(45-18-15-16-19-50(45)71)33-49-59(77)69(11)52(28-37(2)3)56(74)65-48(32-42-25-26-46-43(30-42)34-62-36-63-46)54(72)64-40(7)58(76)68(10)51-20-14-13-17-27-70(60(51)78)53(29-38(4)5)57(75)66-47(55(73)67-49)31-41-23-21-39(6)22-24-41/h12-16,18-19,21-26,30,34-38,40,47-49,51-53H,1,17,20,27-29,31-33H2,2-11H3,(H,64,72)(H,65,74)(H,66,75)(H,67,73)/b14-13-/t40-,47-,48-,49-,51-,52-,53-/m0/s1. The summed E-state index contributed by atoms with van der Waals surface area (Å²) in [5.74, 6) is -4.36. The molecule has 7 rings (SSSR count). The normalized spacial score (nSPS) is 23.4. The van der Waals surface area contributed by atoms with Gasteiger partial charge in [-0.25, -0.2) is 9.97 Å². The molecular weight excluding hydrogens is 985 g/mol. The molecule has 17 heteroatoms. The summed E-state index contributed by atoms with van der Waals surface area (Å²) in [6.45, 7) is 19.5. The van der Waals surface area contributed by atoms with Crippen molar-refractivity contribution in [2.24, 2.45) is 11.8 Å². The molecule has 3 aromatic carbocycles. The Morgan fingerprint density at radius 1 is 0.705 bits per heavy atom. The summed E-state index contributed by atoms with van der Waals surface area (Å²) in [6, 6.07) is 12.6. The zero-order valence-electron chi connectivity index (χ0n) is 46.9. The SMILES string of the molecule is C=CC(C)(C)n1cc(C[C@@H]2NC(=O)[C@H](Cc3ccc(C)cc3)NC(=O)[C@H](CC(C)C)N3CC/C=C\C[C@@H](C3=O)N(C)C(=O)[C@H](C)NC(=O)[C@H](Cc3ccc4ncncc4c3)NC(=O)[C@H](CC(C)C)N(C)C2=O)c2ccccc21. The Balaban J connectivity index is 1.38. The van der Waals surface area contributed by atoms with E-state index in [1.165, 1.54) is 42.0 Å². The van der Waals surface area contributed by atoms with Gasteiger partial charge in [-0.3, -0.25) is 33.6 Å². The van der Waals surface area contributed by atoms with Gasteiger partial charge in [-0.05, 0) is 100 Å². The molecule has 4 N–H and O–H groups in total. The minimum atomic E-state index is -1.29. The van der Waals surface area contributed by atoms with Crippen molar-refractivity contribution in [2.75, 3.05) is 20.6 Å². The number of likely N-dealkylation sites (N-methyl/N-ethyl adjacent to an activating group) is 2. The van der Waals surface area contributed by atoms with Gasteiger partial charge in [0, 0.05) is 68.6 Å². The third-order valence-electron chi connectivity index (χ3n) is 15.1. The van der Waals surface area contributed by atoms with Gasteiger partial charge < -0.3 is 40.5 Å². The molecule has 17 nitrogen and oxygen atoms in total. The lowest BCUT2D eigenvalue weighted by molar-refractivity contribution is -0.150. The van der Waals surface area contributed by atoms with Crippen LogP contribution in [0, 0.1) is 18.8 Å². The minimum absolute atomic E-state index is 0.0137. The lowest BCUT2D eigenvalue weighted by Gasteiger charge is -2.38. The van der Waals surface area contributed by atoms with Crippen molar-refractivity contribution in [1.82, 2.24) is 50.5 Å². The lowest BCUT2D eigenvalue weighted by Crippen LogP contribution is -2.61. The molecule has 2 aromatic heterocycles. The van der Waals surface area contributed by atoms with E-state index < -0.39 is 89.2 Å². The molecule has 2 aliphatic rings. The molecule has 5 aromatic rings. The molecule has 0 unspecified atom stereocenters. The number of aryl methyl sites for hydroxylation is 1. The number of nitrogens with one attached hydrogen (secondary N) is 4. The van der Waals surface area contributed by atoms with Crippen LogP contribution in [0.5, 0.6) is 0 Å². The second-order valence-electron chi connectivity index (χ2n) is 22.6. The highest BCUT2D eigenvalue weighted by Crippen LogP contribution is 2.30. The van der Waals surface area contributed by atoms with Crippen LogP contribution in [0.2, 0.25) is 0 Å². The Kier molecular flexibility index (Phi) is 18.7. The topological polar surface area (TPSA) is 208 Å². The molecule has 0 saturated carbocycles. The average Bonchev–Trinajstić information content (AvgIpc) is 3.89. The Morgan fingerprint density at radius 2 is 1.32 bits per heavy atom. The Labute approximate surface area is 458 Å². The first kappa shape index (κ1) is 58.0. The van der Waals surface area contributed by atoms with Gasteiger partial charge in [-0.1, -0.05) is 100 Å². The molecule has 414 valence electrons. The van der Waals surface area contributed by atoms with Gasteiger partial charge in [-0.15, -0.1) is 6.58 Å². The zero-order valence-corrected chi connectivity index (χ0v) is 46.9. The number of nitrogens with zero attached hydrogens (tertiary/aromatic N) is 6. The van der Waals surface area contributed by atoms with E-state index in [2.05, 4.69) is 42.4 Å². The summed E-state index contributed by atoms with van der Waals surface area (Å²) < 4.78 is 2.07. The van der Waals surface area contributed by atoms with Crippen LogP contribution in [0.25, 0.3) is 21.8 Å². The van der Waals surface area contributed by atoms with Crippen molar-refractivity contribution in [2.45, 2.75) is 148 Å². The number of carbonyl (C=O) groups excluding carboxylic acids is 7. The van der Waals surface area contributed by atoms with Gasteiger partial charge in [-0.2, -0.15) is 0 Å². The van der Waals surface area contributed by atoms with Crippen molar-refractivity contribution in [3.05, 3.63) is 133 Å². The molecule has 7 amide bonds. The largest absolute Gasteiger partial charge is 0.343 e. The third-order valence-corrected chi connectivity index (χ3v) is 15.1. The van der Waals surface area contributed by atoms with Crippen molar-refractivity contribution < 1.29 is 33.6 Å². The number of hydrogen-bond donors (Lipinski definition) is 4. The Bertz CT molecular complexity index is 3050. The number of amides is 7. The number of carbonyl (C=O) groups is 7. The van der Waals surface area contributed by atoms with Crippen LogP contribution in [-0.2, 0) is 58.4 Å².